The molecular formula is C16H27ClN2O2. The lowest BCUT2D eigenvalue weighted by Crippen LogP contribution is -2.34. The number of carbonyl (C=O) groups is 1. The molecule has 1 aromatic rings. The summed E-state index contributed by atoms with van der Waals surface area (Å²) in [5.41, 5.74) is 1.20. The molecule has 0 saturated heterocycles. The van der Waals surface area contributed by atoms with Gasteiger partial charge in [-0.05, 0) is 25.5 Å². The predicted octanol–water partition coefficient (Wildman–Crippen LogP) is 2.38. The average Bonchev–Trinajstić information content (AvgIpc) is 2.47. The first-order valence-corrected chi connectivity index (χ1v) is 7.28. The first-order valence-electron chi connectivity index (χ1n) is 7.28. The Labute approximate surface area is 134 Å². The molecule has 21 heavy (non-hydrogen) atoms. The molecule has 0 saturated carbocycles. The number of halogens is 1. The van der Waals surface area contributed by atoms with Crippen molar-refractivity contribution in [3.63, 3.8) is 0 Å². The molecule has 0 spiro atoms. The third-order valence-electron chi connectivity index (χ3n) is 3.08. The van der Waals surface area contributed by atoms with E-state index in [-0.39, 0.29) is 24.2 Å². The summed E-state index contributed by atoms with van der Waals surface area (Å²) in [5, 5.41) is 5.94. The lowest BCUT2D eigenvalue weighted by molar-refractivity contribution is -0.124. The number of hydrogen-bond donors (Lipinski definition) is 2. The molecule has 4 nitrogen and oxygen atoms in total. The van der Waals surface area contributed by atoms with Gasteiger partial charge in [0.1, 0.15) is 0 Å². The zero-order valence-corrected chi connectivity index (χ0v) is 13.7. The molecular weight excluding hydrogens is 288 g/mol. The van der Waals surface area contributed by atoms with Gasteiger partial charge in [-0.2, -0.15) is 0 Å². The summed E-state index contributed by atoms with van der Waals surface area (Å²) in [6.07, 6.45) is 1.92. The van der Waals surface area contributed by atoms with Gasteiger partial charge in [-0.15, -0.1) is 12.4 Å². The topological polar surface area (TPSA) is 50.4 Å². The molecule has 1 aromatic carbocycles. The SMILES string of the molecule is CNCC(C)C(=O)NCCCCOCc1ccccc1.Cl. The Morgan fingerprint density at radius 1 is 1.24 bits per heavy atom. The van der Waals surface area contributed by atoms with Gasteiger partial charge in [-0.25, -0.2) is 0 Å². The Bertz CT molecular complexity index is 374. The molecule has 0 aromatic heterocycles. The number of carbonyl (C=O) groups excluding carboxylic acids is 1. The molecule has 0 aliphatic heterocycles. The Morgan fingerprint density at radius 3 is 2.62 bits per heavy atom. The minimum Gasteiger partial charge on any atom is -0.377 e. The van der Waals surface area contributed by atoms with Gasteiger partial charge in [-0.1, -0.05) is 37.3 Å². The molecule has 0 aliphatic carbocycles. The Morgan fingerprint density at radius 2 is 1.95 bits per heavy atom. The molecule has 1 atom stereocenters. The van der Waals surface area contributed by atoms with Crippen molar-refractivity contribution in [2.45, 2.75) is 26.4 Å². The van der Waals surface area contributed by atoms with E-state index in [9.17, 15) is 4.79 Å². The maximum absolute atomic E-state index is 11.6. The van der Waals surface area contributed by atoms with E-state index in [0.29, 0.717) is 13.2 Å². The summed E-state index contributed by atoms with van der Waals surface area (Å²) in [7, 11) is 1.86. The van der Waals surface area contributed by atoms with Crippen LogP contribution in [0.2, 0.25) is 0 Å². The van der Waals surface area contributed by atoms with Gasteiger partial charge >= 0.3 is 0 Å². The maximum Gasteiger partial charge on any atom is 0.224 e. The molecule has 1 amide bonds. The van der Waals surface area contributed by atoms with Crippen LogP contribution in [0.1, 0.15) is 25.3 Å². The highest BCUT2D eigenvalue weighted by Gasteiger charge is 2.10. The fourth-order valence-electron chi connectivity index (χ4n) is 1.88. The van der Waals surface area contributed by atoms with Gasteiger partial charge in [0, 0.05) is 25.6 Å². The number of ether oxygens (including phenoxy) is 1. The molecule has 1 unspecified atom stereocenters. The highest BCUT2D eigenvalue weighted by atomic mass is 35.5. The summed E-state index contributed by atoms with van der Waals surface area (Å²) >= 11 is 0. The van der Waals surface area contributed by atoms with E-state index >= 15 is 0 Å². The van der Waals surface area contributed by atoms with Gasteiger partial charge in [0.25, 0.3) is 0 Å². The number of nitrogens with one attached hydrogen (secondary N) is 2. The summed E-state index contributed by atoms with van der Waals surface area (Å²) in [6.45, 7) is 4.76. The van der Waals surface area contributed by atoms with E-state index < -0.39 is 0 Å². The maximum atomic E-state index is 11.6. The number of unbranched alkanes of at least 4 members (excludes halogenated alkanes) is 1. The van der Waals surface area contributed by atoms with Crippen LogP contribution in [0.5, 0.6) is 0 Å². The lowest BCUT2D eigenvalue weighted by Gasteiger charge is -2.11. The van der Waals surface area contributed by atoms with Crippen LogP contribution in [0.25, 0.3) is 0 Å². The van der Waals surface area contributed by atoms with Crippen molar-refractivity contribution in [2.75, 3.05) is 26.7 Å². The highest BCUT2D eigenvalue weighted by Crippen LogP contribution is 2.01. The number of hydrogen-bond acceptors (Lipinski definition) is 3. The summed E-state index contributed by atoms with van der Waals surface area (Å²) in [6, 6.07) is 10.1. The van der Waals surface area contributed by atoms with Crippen LogP contribution >= 0.6 is 12.4 Å². The second kappa shape index (κ2) is 12.6. The number of benzene rings is 1. The Hall–Kier alpha value is -1.10. The second-order valence-electron chi connectivity index (χ2n) is 5.00. The van der Waals surface area contributed by atoms with E-state index in [1.807, 2.05) is 32.2 Å². The molecule has 0 radical (unpaired) electrons. The van der Waals surface area contributed by atoms with Crippen LogP contribution in [0.15, 0.2) is 30.3 Å². The summed E-state index contributed by atoms with van der Waals surface area (Å²) < 4.78 is 5.59. The van der Waals surface area contributed by atoms with Crippen molar-refractivity contribution < 1.29 is 9.53 Å². The van der Waals surface area contributed by atoms with Gasteiger partial charge in [0.05, 0.1) is 6.61 Å². The zero-order valence-electron chi connectivity index (χ0n) is 12.9. The molecule has 2 N–H and O–H groups in total. The van der Waals surface area contributed by atoms with Crippen LogP contribution in [0.3, 0.4) is 0 Å². The largest absolute Gasteiger partial charge is 0.377 e. The predicted molar refractivity (Wildman–Crippen MR) is 88.7 cm³/mol. The highest BCUT2D eigenvalue weighted by molar-refractivity contribution is 5.85. The molecule has 0 aliphatic rings. The van der Waals surface area contributed by atoms with E-state index in [1.165, 1.54) is 5.56 Å². The lowest BCUT2D eigenvalue weighted by atomic mass is 10.1. The smallest absolute Gasteiger partial charge is 0.224 e. The third-order valence-corrected chi connectivity index (χ3v) is 3.08. The second-order valence-corrected chi connectivity index (χ2v) is 5.00. The molecule has 0 fully saturated rings. The van der Waals surface area contributed by atoms with E-state index in [1.54, 1.807) is 0 Å². The molecule has 5 heteroatoms. The number of amides is 1. The van der Waals surface area contributed by atoms with Gasteiger partial charge in [0.15, 0.2) is 0 Å². The van der Waals surface area contributed by atoms with Gasteiger partial charge in [-0.3, -0.25) is 4.79 Å². The van der Waals surface area contributed by atoms with Crippen LogP contribution < -0.4 is 10.6 Å². The van der Waals surface area contributed by atoms with Crippen LogP contribution in [0.4, 0.5) is 0 Å². The summed E-state index contributed by atoms with van der Waals surface area (Å²) in [5.74, 6) is 0.138. The van der Waals surface area contributed by atoms with Crippen molar-refractivity contribution in [1.82, 2.24) is 10.6 Å². The Kier molecular flexibility index (Phi) is 12.0. The fraction of sp³-hybridized carbons (Fsp3) is 0.562. The molecule has 0 bridgehead atoms. The van der Waals surface area contributed by atoms with Crippen molar-refractivity contribution in [3.05, 3.63) is 35.9 Å². The van der Waals surface area contributed by atoms with Crippen molar-refractivity contribution in [1.29, 1.82) is 0 Å². The minimum absolute atomic E-state index is 0. The summed E-state index contributed by atoms with van der Waals surface area (Å²) in [4.78, 5) is 11.6. The average molecular weight is 315 g/mol. The minimum atomic E-state index is 0. The Balaban J connectivity index is 0.00000400. The fourth-order valence-corrected chi connectivity index (χ4v) is 1.88. The monoisotopic (exact) mass is 314 g/mol. The van der Waals surface area contributed by atoms with Crippen LogP contribution in [-0.4, -0.2) is 32.7 Å². The standard InChI is InChI=1S/C16H26N2O2.ClH/c1-14(12-17-2)16(19)18-10-6-7-11-20-13-15-8-4-3-5-9-15;/h3-5,8-9,14,17H,6-7,10-13H2,1-2H3,(H,18,19);1H. The van der Waals surface area contributed by atoms with E-state index in [0.717, 1.165) is 26.0 Å². The van der Waals surface area contributed by atoms with Crippen molar-refractivity contribution in [3.8, 4) is 0 Å². The van der Waals surface area contributed by atoms with Gasteiger partial charge in [0.2, 0.25) is 5.91 Å². The van der Waals surface area contributed by atoms with Crippen molar-refractivity contribution >= 4 is 18.3 Å². The van der Waals surface area contributed by atoms with Crippen LogP contribution in [0, 0.1) is 5.92 Å². The first-order chi connectivity index (χ1) is 9.74. The zero-order chi connectivity index (χ0) is 14.6. The van der Waals surface area contributed by atoms with E-state index in [2.05, 4.69) is 22.8 Å². The normalized spacial score (nSPS) is 11.5. The quantitative estimate of drug-likeness (QED) is 0.652. The number of rotatable bonds is 10. The third kappa shape index (κ3) is 9.45. The van der Waals surface area contributed by atoms with Crippen LogP contribution in [-0.2, 0) is 16.1 Å². The molecule has 0 heterocycles. The van der Waals surface area contributed by atoms with Gasteiger partial charge < -0.3 is 15.4 Å². The molecule has 1 rings (SSSR count). The first kappa shape index (κ1) is 19.9. The van der Waals surface area contributed by atoms with Crippen molar-refractivity contribution in [2.24, 2.45) is 5.92 Å². The van der Waals surface area contributed by atoms with E-state index in [4.69, 9.17) is 4.74 Å². The molecule has 120 valence electrons.